The summed E-state index contributed by atoms with van der Waals surface area (Å²) >= 11 is 0. The molecule has 94 valence electrons. The van der Waals surface area contributed by atoms with Crippen LogP contribution in [0.2, 0.25) is 0 Å². The second-order valence-corrected chi connectivity index (χ2v) is 4.05. The second-order valence-electron chi connectivity index (χ2n) is 4.05. The average Bonchev–Trinajstić information content (AvgIpc) is 2.75. The molecule has 0 fully saturated rings. The Morgan fingerprint density at radius 3 is 2.89 bits per heavy atom. The largest absolute Gasteiger partial charge is 0.508 e. The molecule has 2 aromatic rings. The van der Waals surface area contributed by atoms with Crippen LogP contribution in [0.15, 0.2) is 30.6 Å². The molecule has 2 rings (SSSR count). The minimum Gasteiger partial charge on any atom is -0.508 e. The molecule has 2 N–H and O–H groups in total. The lowest BCUT2D eigenvalue weighted by Gasteiger charge is -2.12. The van der Waals surface area contributed by atoms with E-state index in [-0.39, 0.29) is 17.7 Å². The zero-order valence-corrected chi connectivity index (χ0v) is 10.2. The Balaban J connectivity index is 2.10. The van der Waals surface area contributed by atoms with Crippen LogP contribution in [0.5, 0.6) is 5.75 Å². The molecule has 0 radical (unpaired) electrons. The molecule has 1 amide bonds. The van der Waals surface area contributed by atoms with Crippen molar-refractivity contribution in [3.05, 3.63) is 42.0 Å². The molecule has 6 heteroatoms. The predicted molar refractivity (Wildman–Crippen MR) is 65.0 cm³/mol. The van der Waals surface area contributed by atoms with Gasteiger partial charge in [0.25, 0.3) is 5.91 Å². The summed E-state index contributed by atoms with van der Waals surface area (Å²) in [5, 5.41) is 19.8. The van der Waals surface area contributed by atoms with Crippen molar-refractivity contribution >= 4 is 5.91 Å². The first kappa shape index (κ1) is 12.1. The Labute approximate surface area is 104 Å². The number of carbonyl (C=O) groups excluding carboxylic acids is 1. The highest BCUT2D eigenvalue weighted by Crippen LogP contribution is 2.13. The number of benzene rings is 1. The van der Waals surface area contributed by atoms with Gasteiger partial charge in [0.2, 0.25) is 0 Å². The third-order valence-electron chi connectivity index (χ3n) is 2.59. The number of aryl methyl sites for hydroxylation is 1. The number of nitrogens with one attached hydrogen (secondary N) is 1. The van der Waals surface area contributed by atoms with Gasteiger partial charge in [-0.25, -0.2) is 0 Å². The molecule has 1 heterocycles. The molecule has 0 aliphatic heterocycles. The van der Waals surface area contributed by atoms with Crippen LogP contribution in [-0.4, -0.2) is 25.8 Å². The Morgan fingerprint density at radius 2 is 2.28 bits per heavy atom. The quantitative estimate of drug-likeness (QED) is 0.847. The molecule has 1 aromatic heterocycles. The van der Waals surface area contributed by atoms with Gasteiger partial charge in [0, 0.05) is 12.6 Å². The number of aromatic hydroxyl groups is 1. The van der Waals surface area contributed by atoms with E-state index in [0.717, 1.165) is 0 Å². The van der Waals surface area contributed by atoms with E-state index in [9.17, 15) is 9.90 Å². The van der Waals surface area contributed by atoms with E-state index in [1.165, 1.54) is 12.1 Å². The zero-order valence-electron chi connectivity index (χ0n) is 10.2. The topological polar surface area (TPSA) is 80.0 Å². The van der Waals surface area contributed by atoms with Crippen LogP contribution in [0, 0.1) is 0 Å². The van der Waals surface area contributed by atoms with Crippen molar-refractivity contribution in [3.8, 4) is 5.75 Å². The number of nitrogens with zero attached hydrogens (tertiary/aromatic N) is 3. The van der Waals surface area contributed by atoms with Crippen LogP contribution in [0.3, 0.4) is 0 Å². The number of rotatable bonds is 3. The molecule has 6 nitrogen and oxygen atoms in total. The molecule has 1 aromatic carbocycles. The predicted octanol–water partition coefficient (Wildman–Crippen LogP) is 1.01. The zero-order chi connectivity index (χ0) is 13.1. The van der Waals surface area contributed by atoms with E-state index in [1.54, 1.807) is 23.0 Å². The molecule has 1 atom stereocenters. The van der Waals surface area contributed by atoms with Crippen LogP contribution in [0.1, 0.15) is 29.1 Å². The molecule has 0 aliphatic rings. The summed E-state index contributed by atoms with van der Waals surface area (Å²) in [5.74, 6) is 0.471. The maximum absolute atomic E-state index is 11.9. The summed E-state index contributed by atoms with van der Waals surface area (Å²) < 4.78 is 1.74. The number of aromatic nitrogens is 3. The van der Waals surface area contributed by atoms with E-state index in [1.807, 2.05) is 14.0 Å². The molecule has 1 unspecified atom stereocenters. The van der Waals surface area contributed by atoms with E-state index >= 15 is 0 Å². The second kappa shape index (κ2) is 4.87. The lowest BCUT2D eigenvalue weighted by Crippen LogP contribution is -2.28. The Bertz CT molecular complexity index is 565. The monoisotopic (exact) mass is 246 g/mol. The van der Waals surface area contributed by atoms with Gasteiger partial charge in [-0.05, 0) is 25.1 Å². The van der Waals surface area contributed by atoms with Crippen LogP contribution >= 0.6 is 0 Å². The Hall–Kier alpha value is -2.37. The number of hydrogen-bond donors (Lipinski definition) is 2. The van der Waals surface area contributed by atoms with E-state index in [2.05, 4.69) is 15.5 Å². The van der Waals surface area contributed by atoms with Crippen molar-refractivity contribution in [2.24, 2.45) is 7.05 Å². The summed E-state index contributed by atoms with van der Waals surface area (Å²) in [6.07, 6.45) is 1.58. The lowest BCUT2D eigenvalue weighted by molar-refractivity contribution is 0.0937. The van der Waals surface area contributed by atoms with Crippen molar-refractivity contribution in [2.75, 3.05) is 0 Å². The smallest absolute Gasteiger partial charge is 0.251 e. The molecule has 0 aliphatic carbocycles. The third-order valence-corrected chi connectivity index (χ3v) is 2.59. The van der Waals surface area contributed by atoms with Gasteiger partial charge in [0.15, 0.2) is 5.82 Å². The third kappa shape index (κ3) is 2.48. The van der Waals surface area contributed by atoms with Gasteiger partial charge in [-0.1, -0.05) is 6.07 Å². The fourth-order valence-electron chi connectivity index (χ4n) is 1.68. The van der Waals surface area contributed by atoms with Crippen LogP contribution in [0.25, 0.3) is 0 Å². The maximum atomic E-state index is 11.9. The summed E-state index contributed by atoms with van der Waals surface area (Å²) in [4.78, 5) is 11.9. The summed E-state index contributed by atoms with van der Waals surface area (Å²) in [5.41, 5.74) is 0.406. The highest BCUT2D eigenvalue weighted by molar-refractivity contribution is 5.94. The van der Waals surface area contributed by atoms with Gasteiger partial charge in [0.05, 0.1) is 6.04 Å². The summed E-state index contributed by atoms with van der Waals surface area (Å²) in [6.45, 7) is 1.82. The highest BCUT2D eigenvalue weighted by atomic mass is 16.3. The van der Waals surface area contributed by atoms with Gasteiger partial charge < -0.3 is 15.0 Å². The first-order valence-corrected chi connectivity index (χ1v) is 5.51. The van der Waals surface area contributed by atoms with E-state index in [0.29, 0.717) is 11.4 Å². The molecule has 18 heavy (non-hydrogen) atoms. The maximum Gasteiger partial charge on any atom is 0.251 e. The van der Waals surface area contributed by atoms with E-state index in [4.69, 9.17) is 0 Å². The van der Waals surface area contributed by atoms with Crippen molar-refractivity contribution < 1.29 is 9.90 Å². The van der Waals surface area contributed by atoms with Crippen molar-refractivity contribution in [1.29, 1.82) is 0 Å². The first-order chi connectivity index (χ1) is 8.58. The van der Waals surface area contributed by atoms with Gasteiger partial charge in [-0.15, -0.1) is 10.2 Å². The fraction of sp³-hybridized carbons (Fsp3) is 0.250. The van der Waals surface area contributed by atoms with Crippen LogP contribution < -0.4 is 5.32 Å². The normalized spacial score (nSPS) is 12.1. The van der Waals surface area contributed by atoms with Gasteiger partial charge in [-0.3, -0.25) is 4.79 Å². The molecule has 0 bridgehead atoms. The molecular formula is C12H14N4O2. The molecule has 0 saturated heterocycles. The van der Waals surface area contributed by atoms with Crippen LogP contribution in [-0.2, 0) is 7.05 Å². The van der Waals surface area contributed by atoms with Gasteiger partial charge in [-0.2, -0.15) is 0 Å². The number of amides is 1. The fourth-order valence-corrected chi connectivity index (χ4v) is 1.68. The standard InChI is InChI=1S/C12H14N4O2/c1-8(11-15-13-7-16(11)2)14-12(18)9-4-3-5-10(17)6-9/h3-8,17H,1-2H3,(H,14,18). The van der Waals surface area contributed by atoms with Crippen molar-refractivity contribution in [2.45, 2.75) is 13.0 Å². The molecule has 0 spiro atoms. The average molecular weight is 246 g/mol. The van der Waals surface area contributed by atoms with Crippen molar-refractivity contribution in [3.63, 3.8) is 0 Å². The SMILES string of the molecule is CC(NC(=O)c1cccc(O)c1)c1nncn1C. The van der Waals surface area contributed by atoms with Gasteiger partial charge >= 0.3 is 0 Å². The van der Waals surface area contributed by atoms with E-state index < -0.39 is 0 Å². The van der Waals surface area contributed by atoms with Crippen LogP contribution in [0.4, 0.5) is 0 Å². The lowest BCUT2D eigenvalue weighted by atomic mass is 10.2. The highest BCUT2D eigenvalue weighted by Gasteiger charge is 2.15. The van der Waals surface area contributed by atoms with Crippen molar-refractivity contribution in [1.82, 2.24) is 20.1 Å². The first-order valence-electron chi connectivity index (χ1n) is 5.51. The summed E-state index contributed by atoms with van der Waals surface area (Å²) in [6, 6.07) is 5.93. The number of carbonyl (C=O) groups is 1. The van der Waals surface area contributed by atoms with Gasteiger partial charge in [0.1, 0.15) is 12.1 Å². The Morgan fingerprint density at radius 1 is 1.50 bits per heavy atom. The number of phenolic OH excluding ortho intramolecular Hbond substituents is 1. The molecule has 0 saturated carbocycles. The number of hydrogen-bond acceptors (Lipinski definition) is 4. The molecular weight excluding hydrogens is 232 g/mol. The minimum absolute atomic E-state index is 0.0639. The minimum atomic E-state index is -0.263. The summed E-state index contributed by atoms with van der Waals surface area (Å²) in [7, 11) is 1.81. The Kier molecular flexibility index (Phi) is 3.27. The number of phenols is 1.